The Hall–Kier alpha value is -2.40. The van der Waals surface area contributed by atoms with E-state index < -0.39 is 0 Å². The minimum Gasteiger partial charge on any atom is -0.497 e. The Labute approximate surface area is 152 Å². The van der Waals surface area contributed by atoms with E-state index in [1.165, 1.54) is 0 Å². The van der Waals surface area contributed by atoms with E-state index in [-0.39, 0.29) is 12.1 Å². The first-order chi connectivity index (χ1) is 12.1. The quantitative estimate of drug-likeness (QED) is 0.860. The van der Waals surface area contributed by atoms with Crippen molar-refractivity contribution in [2.45, 2.75) is 18.9 Å². The van der Waals surface area contributed by atoms with Crippen LogP contribution in [0, 0.1) is 0 Å². The molecule has 0 aromatic heterocycles. The summed E-state index contributed by atoms with van der Waals surface area (Å²) in [5.41, 5.74) is 2.17. The van der Waals surface area contributed by atoms with E-state index in [1.54, 1.807) is 7.11 Å². The van der Waals surface area contributed by atoms with Crippen LogP contribution in [0.2, 0.25) is 5.02 Å². The van der Waals surface area contributed by atoms with Gasteiger partial charge >= 0.3 is 6.03 Å². The number of nitrogens with one attached hydrogen (secondary N) is 2. The van der Waals surface area contributed by atoms with Crippen molar-refractivity contribution in [3.63, 3.8) is 0 Å². The van der Waals surface area contributed by atoms with E-state index in [2.05, 4.69) is 10.6 Å². The number of amides is 2. The fraction of sp³-hybridized carbons (Fsp3) is 0.316. The lowest BCUT2D eigenvalue weighted by Crippen LogP contribution is -2.47. The Morgan fingerprint density at radius 3 is 2.84 bits per heavy atom. The molecule has 0 saturated carbocycles. The molecule has 5 nitrogen and oxygen atoms in total. The van der Waals surface area contributed by atoms with Crippen LogP contribution in [0.25, 0.3) is 0 Å². The van der Waals surface area contributed by atoms with Crippen molar-refractivity contribution in [2.24, 2.45) is 0 Å². The number of hydrogen-bond acceptors (Lipinski definition) is 3. The van der Waals surface area contributed by atoms with Crippen molar-refractivity contribution in [3.05, 3.63) is 58.6 Å². The fourth-order valence-corrected chi connectivity index (χ4v) is 2.92. The van der Waals surface area contributed by atoms with E-state index >= 15 is 0 Å². The molecule has 0 spiro atoms. The van der Waals surface area contributed by atoms with Crippen LogP contribution >= 0.6 is 11.6 Å². The van der Waals surface area contributed by atoms with Crippen LogP contribution in [0.15, 0.2) is 42.5 Å². The van der Waals surface area contributed by atoms with Crippen molar-refractivity contribution in [3.8, 4) is 11.5 Å². The number of carbonyl (C=O) groups excluding carboxylic acids is 1. The van der Waals surface area contributed by atoms with Crippen molar-refractivity contribution in [1.29, 1.82) is 0 Å². The largest absolute Gasteiger partial charge is 0.497 e. The van der Waals surface area contributed by atoms with E-state index in [4.69, 9.17) is 21.1 Å². The van der Waals surface area contributed by atoms with Crippen LogP contribution in [0.3, 0.4) is 0 Å². The molecule has 2 aromatic rings. The Morgan fingerprint density at radius 2 is 2.08 bits per heavy atom. The van der Waals surface area contributed by atoms with Gasteiger partial charge in [-0.3, -0.25) is 0 Å². The molecule has 0 fully saturated rings. The van der Waals surface area contributed by atoms with Crippen LogP contribution < -0.4 is 20.1 Å². The van der Waals surface area contributed by atoms with Crippen LogP contribution in [0.1, 0.15) is 11.1 Å². The van der Waals surface area contributed by atoms with Gasteiger partial charge in [0.2, 0.25) is 0 Å². The number of hydrogen-bond donors (Lipinski definition) is 2. The number of methoxy groups -OCH3 is 1. The molecule has 2 amide bonds. The van der Waals surface area contributed by atoms with Crippen LogP contribution in [-0.2, 0) is 12.8 Å². The normalized spacial score (nSPS) is 15.7. The molecule has 0 aliphatic carbocycles. The molecule has 1 aliphatic rings. The molecule has 1 heterocycles. The first kappa shape index (κ1) is 17.4. The molecule has 0 saturated heterocycles. The minimum atomic E-state index is -0.186. The van der Waals surface area contributed by atoms with Crippen LogP contribution in [0.4, 0.5) is 4.79 Å². The number of benzene rings is 2. The Morgan fingerprint density at radius 1 is 1.28 bits per heavy atom. The van der Waals surface area contributed by atoms with Crippen molar-refractivity contribution >= 4 is 17.6 Å². The molecule has 0 radical (unpaired) electrons. The number of ether oxygens (including phenoxy) is 2. The maximum absolute atomic E-state index is 12.1. The first-order valence-corrected chi connectivity index (χ1v) is 8.60. The van der Waals surface area contributed by atoms with E-state index in [9.17, 15) is 4.79 Å². The maximum Gasteiger partial charge on any atom is 0.315 e. The van der Waals surface area contributed by atoms with Crippen LogP contribution in [0.5, 0.6) is 11.5 Å². The summed E-state index contributed by atoms with van der Waals surface area (Å²) in [6.45, 7) is 1.02. The highest BCUT2D eigenvalue weighted by Gasteiger charge is 2.21. The molecular formula is C19H21ClN2O3. The van der Waals surface area contributed by atoms with E-state index in [0.717, 1.165) is 35.5 Å². The predicted octanol–water partition coefficient (Wildman–Crippen LogP) is 3.19. The van der Waals surface area contributed by atoms with Gasteiger partial charge in [-0.05, 0) is 54.3 Å². The monoisotopic (exact) mass is 360 g/mol. The lowest BCUT2D eigenvalue weighted by atomic mass is 10.0. The molecule has 1 aliphatic heterocycles. The highest BCUT2D eigenvalue weighted by Crippen LogP contribution is 2.28. The molecule has 1 unspecified atom stereocenters. The summed E-state index contributed by atoms with van der Waals surface area (Å²) < 4.78 is 10.9. The fourth-order valence-electron chi connectivity index (χ4n) is 2.80. The summed E-state index contributed by atoms with van der Waals surface area (Å²) in [5.74, 6) is 1.64. The Balaban J connectivity index is 1.46. The van der Waals surface area contributed by atoms with Gasteiger partial charge in [0.1, 0.15) is 18.1 Å². The summed E-state index contributed by atoms with van der Waals surface area (Å²) in [6.07, 6.45) is 1.48. The summed E-state index contributed by atoms with van der Waals surface area (Å²) in [5, 5.41) is 6.54. The topological polar surface area (TPSA) is 59.6 Å². The summed E-state index contributed by atoms with van der Waals surface area (Å²) >= 11 is 5.86. The molecule has 0 bridgehead atoms. The third kappa shape index (κ3) is 4.79. The molecule has 25 heavy (non-hydrogen) atoms. The smallest absolute Gasteiger partial charge is 0.315 e. The number of fused-ring (bicyclic) bond motifs is 1. The van der Waals surface area contributed by atoms with Gasteiger partial charge < -0.3 is 20.1 Å². The van der Waals surface area contributed by atoms with Gasteiger partial charge in [-0.25, -0.2) is 4.79 Å². The third-order valence-corrected chi connectivity index (χ3v) is 4.37. The Kier molecular flexibility index (Phi) is 5.66. The zero-order valence-electron chi connectivity index (χ0n) is 14.0. The molecule has 1 atom stereocenters. The summed E-state index contributed by atoms with van der Waals surface area (Å²) in [4.78, 5) is 12.1. The van der Waals surface area contributed by atoms with Crippen molar-refractivity contribution in [2.75, 3.05) is 20.3 Å². The second kappa shape index (κ2) is 8.12. The average Bonchev–Trinajstić information content (AvgIpc) is 2.62. The summed E-state index contributed by atoms with van der Waals surface area (Å²) in [6, 6.07) is 13.1. The van der Waals surface area contributed by atoms with Crippen LogP contribution in [-0.4, -0.2) is 32.3 Å². The third-order valence-electron chi connectivity index (χ3n) is 4.12. The number of urea groups is 1. The Bertz CT molecular complexity index is 734. The zero-order valence-corrected chi connectivity index (χ0v) is 14.8. The average molecular weight is 361 g/mol. The highest BCUT2D eigenvalue weighted by atomic mass is 35.5. The van der Waals surface area contributed by atoms with Gasteiger partial charge in [-0.1, -0.05) is 23.7 Å². The van der Waals surface area contributed by atoms with E-state index in [1.807, 2.05) is 42.5 Å². The molecular weight excluding hydrogens is 340 g/mol. The van der Waals surface area contributed by atoms with Gasteiger partial charge in [-0.2, -0.15) is 0 Å². The summed E-state index contributed by atoms with van der Waals surface area (Å²) in [7, 11) is 1.63. The van der Waals surface area contributed by atoms with Crippen molar-refractivity contribution < 1.29 is 14.3 Å². The van der Waals surface area contributed by atoms with Gasteiger partial charge in [0, 0.05) is 11.6 Å². The molecule has 6 heteroatoms. The molecule has 2 N–H and O–H groups in total. The second-order valence-corrected chi connectivity index (χ2v) is 6.40. The van der Waals surface area contributed by atoms with Gasteiger partial charge in [0.25, 0.3) is 0 Å². The van der Waals surface area contributed by atoms with E-state index in [0.29, 0.717) is 18.2 Å². The molecule has 3 rings (SSSR count). The standard InChI is InChI=1S/C19H21ClN2O3/c1-24-17-6-7-18-14(11-17)10-16(12-25-18)22-19(23)21-9-8-13-2-4-15(20)5-3-13/h2-7,11,16H,8-10,12H2,1H3,(H2,21,22,23). The number of carbonyl (C=O) groups is 1. The van der Waals surface area contributed by atoms with Gasteiger partial charge in [-0.15, -0.1) is 0 Å². The lowest BCUT2D eigenvalue weighted by Gasteiger charge is -2.26. The number of halogens is 1. The van der Waals surface area contributed by atoms with Crippen molar-refractivity contribution in [1.82, 2.24) is 10.6 Å². The predicted molar refractivity (Wildman–Crippen MR) is 97.7 cm³/mol. The zero-order chi connectivity index (χ0) is 17.6. The van der Waals surface area contributed by atoms with Gasteiger partial charge in [0.05, 0.1) is 13.2 Å². The second-order valence-electron chi connectivity index (χ2n) is 5.96. The minimum absolute atomic E-state index is 0.0601. The molecule has 2 aromatic carbocycles. The lowest BCUT2D eigenvalue weighted by molar-refractivity contribution is 0.214. The number of rotatable bonds is 5. The first-order valence-electron chi connectivity index (χ1n) is 8.22. The highest BCUT2D eigenvalue weighted by molar-refractivity contribution is 6.30. The maximum atomic E-state index is 12.1. The van der Waals surface area contributed by atoms with Gasteiger partial charge in [0.15, 0.2) is 0 Å². The molecule has 132 valence electrons. The SMILES string of the molecule is COc1ccc2c(c1)CC(NC(=O)NCCc1ccc(Cl)cc1)CO2.